The number of amides is 2. The molecule has 1 fully saturated rings. The number of pyridine rings is 1. The Bertz CT molecular complexity index is 508. The summed E-state index contributed by atoms with van der Waals surface area (Å²) in [7, 11) is 2.15. The molecule has 1 saturated carbocycles. The van der Waals surface area contributed by atoms with Crippen LogP contribution in [0.2, 0.25) is 0 Å². The molecule has 0 radical (unpaired) electrons. The lowest BCUT2D eigenvalue weighted by molar-refractivity contribution is 0.237. The van der Waals surface area contributed by atoms with E-state index in [0.29, 0.717) is 12.6 Å². The lowest BCUT2D eigenvalue weighted by Crippen LogP contribution is -2.35. The normalized spacial score (nSPS) is 15.3. The van der Waals surface area contributed by atoms with Gasteiger partial charge >= 0.3 is 6.03 Å². The van der Waals surface area contributed by atoms with Crippen LogP contribution in [0.4, 0.5) is 10.5 Å². The summed E-state index contributed by atoms with van der Waals surface area (Å²) in [6, 6.07) is 3.62. The summed E-state index contributed by atoms with van der Waals surface area (Å²) < 4.78 is 0. The fourth-order valence-electron chi connectivity index (χ4n) is 2.74. The van der Waals surface area contributed by atoms with Gasteiger partial charge in [-0.15, -0.1) is 0 Å². The van der Waals surface area contributed by atoms with Gasteiger partial charge in [-0.25, -0.2) is 4.79 Å². The molecule has 0 unspecified atom stereocenters. The monoisotopic (exact) mass is 292 g/mol. The molecule has 0 saturated heterocycles. The lowest BCUT2D eigenvalue weighted by Gasteiger charge is -2.23. The number of anilines is 1. The summed E-state index contributed by atoms with van der Waals surface area (Å²) in [6.45, 7) is 1.59. The Balaban J connectivity index is 1.63. The molecular formula is C15H24N4O2. The molecule has 6 heteroatoms. The molecule has 0 aromatic carbocycles. The van der Waals surface area contributed by atoms with Crippen LogP contribution in [0.1, 0.15) is 32.1 Å². The van der Waals surface area contributed by atoms with Crippen LogP contribution in [0.3, 0.4) is 0 Å². The minimum absolute atomic E-state index is 0.262. The van der Waals surface area contributed by atoms with Crippen molar-refractivity contribution in [3.63, 3.8) is 0 Å². The van der Waals surface area contributed by atoms with Crippen molar-refractivity contribution < 1.29 is 4.79 Å². The third kappa shape index (κ3) is 4.90. The minimum atomic E-state index is -0.338. The Morgan fingerprint density at radius 2 is 2.19 bits per heavy atom. The molecule has 3 N–H and O–H groups in total. The average Bonchev–Trinajstić information content (AvgIpc) is 3.00. The van der Waals surface area contributed by atoms with Crippen LogP contribution in [0.15, 0.2) is 23.1 Å². The number of nitrogens with one attached hydrogen (secondary N) is 3. The maximum atomic E-state index is 11.7. The molecule has 116 valence electrons. The molecular weight excluding hydrogens is 268 g/mol. The number of urea groups is 1. The Morgan fingerprint density at radius 1 is 1.43 bits per heavy atom. The quantitative estimate of drug-likeness (QED) is 0.699. The summed E-state index contributed by atoms with van der Waals surface area (Å²) in [6.07, 6.45) is 7.70. The first kappa shape index (κ1) is 15.6. The van der Waals surface area contributed by atoms with Crippen molar-refractivity contribution in [3.05, 3.63) is 28.7 Å². The maximum Gasteiger partial charge on any atom is 0.319 e. The highest BCUT2D eigenvalue weighted by molar-refractivity contribution is 5.88. The molecule has 1 aliphatic rings. The van der Waals surface area contributed by atoms with Gasteiger partial charge in [0.2, 0.25) is 0 Å². The Kier molecular flexibility index (Phi) is 5.80. The van der Waals surface area contributed by atoms with Crippen LogP contribution < -0.4 is 16.2 Å². The van der Waals surface area contributed by atoms with Gasteiger partial charge in [0.25, 0.3) is 5.56 Å². The molecule has 2 amide bonds. The summed E-state index contributed by atoms with van der Waals surface area (Å²) >= 11 is 0. The molecule has 0 atom stereocenters. The molecule has 6 nitrogen and oxygen atoms in total. The van der Waals surface area contributed by atoms with Gasteiger partial charge in [-0.05, 0) is 45.0 Å². The van der Waals surface area contributed by atoms with Crippen molar-refractivity contribution in [2.45, 2.75) is 38.1 Å². The van der Waals surface area contributed by atoms with E-state index in [1.807, 2.05) is 0 Å². The largest absolute Gasteiger partial charge is 0.338 e. The van der Waals surface area contributed by atoms with Gasteiger partial charge in [-0.2, -0.15) is 0 Å². The first-order chi connectivity index (χ1) is 10.2. The average molecular weight is 292 g/mol. The number of nitrogens with zero attached hydrogens (tertiary/aromatic N) is 1. The predicted molar refractivity (Wildman–Crippen MR) is 83.6 cm³/mol. The van der Waals surface area contributed by atoms with E-state index in [1.54, 1.807) is 12.1 Å². The van der Waals surface area contributed by atoms with Gasteiger partial charge in [-0.3, -0.25) is 4.79 Å². The fraction of sp³-hybridized carbons (Fsp3) is 0.600. The number of hydrogen-bond donors (Lipinski definition) is 3. The van der Waals surface area contributed by atoms with Crippen molar-refractivity contribution in [3.8, 4) is 0 Å². The van der Waals surface area contributed by atoms with E-state index < -0.39 is 0 Å². The number of H-pyrrole nitrogens is 1. The van der Waals surface area contributed by atoms with Crippen LogP contribution >= 0.6 is 0 Å². The third-order valence-electron chi connectivity index (χ3n) is 3.99. The number of carbonyl (C=O) groups is 1. The van der Waals surface area contributed by atoms with Gasteiger partial charge in [0.15, 0.2) is 0 Å². The van der Waals surface area contributed by atoms with Gasteiger partial charge in [0.05, 0.1) is 0 Å². The number of carbonyl (C=O) groups excluding carboxylic acids is 1. The molecule has 2 rings (SSSR count). The number of aromatic amines is 1. The Morgan fingerprint density at radius 3 is 2.90 bits per heavy atom. The minimum Gasteiger partial charge on any atom is -0.338 e. The van der Waals surface area contributed by atoms with Crippen molar-refractivity contribution in [2.75, 3.05) is 25.5 Å². The second-order valence-electron chi connectivity index (χ2n) is 5.57. The van der Waals surface area contributed by atoms with Crippen molar-refractivity contribution in [2.24, 2.45) is 0 Å². The van der Waals surface area contributed by atoms with Gasteiger partial charge < -0.3 is 20.5 Å². The first-order valence-electron chi connectivity index (χ1n) is 7.59. The molecule has 1 aromatic rings. The number of hydrogen-bond acceptors (Lipinski definition) is 3. The van der Waals surface area contributed by atoms with E-state index in [1.165, 1.54) is 31.9 Å². The zero-order valence-electron chi connectivity index (χ0n) is 12.5. The zero-order chi connectivity index (χ0) is 15.1. The van der Waals surface area contributed by atoms with Crippen LogP contribution in [0.25, 0.3) is 0 Å². The molecule has 21 heavy (non-hydrogen) atoms. The topological polar surface area (TPSA) is 77.2 Å². The van der Waals surface area contributed by atoms with E-state index in [4.69, 9.17) is 0 Å². The molecule has 0 aliphatic heterocycles. The number of aromatic nitrogens is 1. The van der Waals surface area contributed by atoms with Crippen molar-refractivity contribution >= 4 is 11.7 Å². The fourth-order valence-corrected chi connectivity index (χ4v) is 2.74. The SMILES string of the molecule is CN(CCCNC(=O)Nc1ccc[nH]c1=O)C1CCCC1. The molecule has 0 bridgehead atoms. The molecule has 1 aromatic heterocycles. The highest BCUT2D eigenvalue weighted by Crippen LogP contribution is 2.22. The van der Waals surface area contributed by atoms with E-state index in [2.05, 4.69) is 27.6 Å². The second kappa shape index (κ2) is 7.83. The summed E-state index contributed by atoms with van der Waals surface area (Å²) in [4.78, 5) is 28.0. The predicted octanol–water partition coefficient (Wildman–Crippen LogP) is 1.76. The smallest absolute Gasteiger partial charge is 0.319 e. The first-order valence-corrected chi connectivity index (χ1v) is 7.59. The van der Waals surface area contributed by atoms with Gasteiger partial charge in [0, 0.05) is 18.8 Å². The Hall–Kier alpha value is -1.82. The van der Waals surface area contributed by atoms with E-state index >= 15 is 0 Å². The maximum absolute atomic E-state index is 11.7. The molecule has 1 aliphatic carbocycles. The van der Waals surface area contributed by atoms with Crippen molar-refractivity contribution in [1.29, 1.82) is 0 Å². The third-order valence-corrected chi connectivity index (χ3v) is 3.99. The summed E-state index contributed by atoms with van der Waals surface area (Å²) in [5.74, 6) is 0. The second-order valence-corrected chi connectivity index (χ2v) is 5.57. The standard InChI is InChI=1S/C15H24N4O2/c1-19(12-6-2-3-7-12)11-5-10-17-15(21)18-13-8-4-9-16-14(13)20/h4,8-9,12H,2-3,5-7,10-11H2,1H3,(H,16,20)(H2,17,18,21). The Labute approximate surface area is 124 Å². The van der Waals surface area contributed by atoms with Crippen LogP contribution in [0, 0.1) is 0 Å². The molecule has 0 spiro atoms. The molecule has 1 heterocycles. The summed E-state index contributed by atoms with van der Waals surface area (Å²) in [5, 5.41) is 5.32. The van der Waals surface area contributed by atoms with E-state index in [-0.39, 0.29) is 17.3 Å². The highest BCUT2D eigenvalue weighted by Gasteiger charge is 2.18. The zero-order valence-corrected chi connectivity index (χ0v) is 12.5. The van der Waals surface area contributed by atoms with Gasteiger partial charge in [-0.1, -0.05) is 12.8 Å². The lowest BCUT2D eigenvalue weighted by atomic mass is 10.2. The van der Waals surface area contributed by atoms with Crippen molar-refractivity contribution in [1.82, 2.24) is 15.2 Å². The van der Waals surface area contributed by atoms with Crippen LogP contribution in [-0.2, 0) is 0 Å². The van der Waals surface area contributed by atoms with E-state index in [9.17, 15) is 9.59 Å². The number of rotatable bonds is 6. The highest BCUT2D eigenvalue weighted by atomic mass is 16.2. The van der Waals surface area contributed by atoms with Gasteiger partial charge in [0.1, 0.15) is 5.69 Å². The van der Waals surface area contributed by atoms with E-state index in [0.717, 1.165) is 13.0 Å². The van der Waals surface area contributed by atoms with Crippen LogP contribution in [0.5, 0.6) is 0 Å². The van der Waals surface area contributed by atoms with Crippen LogP contribution in [-0.4, -0.2) is 42.1 Å². The summed E-state index contributed by atoms with van der Waals surface area (Å²) in [5.41, 5.74) is -0.0355.